The standard InChI is InChI=1S/C17H21Cl2NO3/c1-16(2,3)23-15(22)20-7-11-12(8-21)17(11,9-20)10-4-5-13(18)14(19)6-10/h4-6,11-12,21H,7-9H2,1-3H3/t11-,12-,17?/m0/s1. The van der Waals surface area contributed by atoms with Crippen molar-refractivity contribution in [3.05, 3.63) is 33.8 Å². The number of aliphatic hydroxyl groups is 1. The number of hydrogen-bond acceptors (Lipinski definition) is 3. The van der Waals surface area contributed by atoms with E-state index >= 15 is 0 Å². The van der Waals surface area contributed by atoms with E-state index in [-0.39, 0.29) is 30.0 Å². The third-order valence-corrected chi connectivity index (χ3v) is 5.61. The molecule has 1 amide bonds. The lowest BCUT2D eigenvalue weighted by atomic mass is 9.93. The maximum Gasteiger partial charge on any atom is 0.410 e. The molecular weight excluding hydrogens is 337 g/mol. The second-order valence-corrected chi connectivity index (χ2v) is 8.24. The number of ether oxygens (including phenoxy) is 1. The summed E-state index contributed by atoms with van der Waals surface area (Å²) < 4.78 is 5.46. The minimum atomic E-state index is -0.517. The molecule has 0 spiro atoms. The van der Waals surface area contributed by atoms with Gasteiger partial charge in [0.25, 0.3) is 0 Å². The summed E-state index contributed by atoms with van der Waals surface area (Å²) >= 11 is 12.2. The molecule has 2 aliphatic rings. The maximum atomic E-state index is 12.3. The summed E-state index contributed by atoms with van der Waals surface area (Å²) in [6.45, 7) is 6.80. The Hall–Kier alpha value is -0.970. The normalized spacial score (nSPS) is 29.4. The number of hydrogen-bond donors (Lipinski definition) is 1. The molecule has 3 rings (SSSR count). The van der Waals surface area contributed by atoms with Gasteiger partial charge in [-0.1, -0.05) is 29.3 Å². The molecule has 0 bridgehead atoms. The van der Waals surface area contributed by atoms with Crippen LogP contribution in [0, 0.1) is 11.8 Å². The Bertz CT molecular complexity index is 643. The van der Waals surface area contributed by atoms with E-state index in [0.29, 0.717) is 23.1 Å². The van der Waals surface area contributed by atoms with E-state index in [1.54, 1.807) is 11.0 Å². The fraction of sp³-hybridized carbons (Fsp3) is 0.588. The summed E-state index contributed by atoms with van der Waals surface area (Å²) in [6, 6.07) is 5.56. The average Bonchev–Trinajstić information content (AvgIpc) is 2.87. The Labute approximate surface area is 146 Å². The highest BCUT2D eigenvalue weighted by molar-refractivity contribution is 6.42. The molecule has 1 unspecified atom stereocenters. The minimum Gasteiger partial charge on any atom is -0.444 e. The molecule has 1 aliphatic carbocycles. The number of carbonyl (C=O) groups is 1. The van der Waals surface area contributed by atoms with Crippen LogP contribution < -0.4 is 0 Å². The lowest BCUT2D eigenvalue weighted by Crippen LogP contribution is -2.39. The molecule has 126 valence electrons. The van der Waals surface area contributed by atoms with Crippen molar-refractivity contribution in [1.29, 1.82) is 0 Å². The summed E-state index contributed by atoms with van der Waals surface area (Å²) in [6.07, 6.45) is -0.305. The monoisotopic (exact) mass is 357 g/mol. The molecule has 2 fully saturated rings. The van der Waals surface area contributed by atoms with Crippen LogP contribution in [-0.2, 0) is 10.2 Å². The van der Waals surface area contributed by atoms with Crippen LogP contribution in [-0.4, -0.2) is 41.4 Å². The summed E-state index contributed by atoms with van der Waals surface area (Å²) in [5.41, 5.74) is 0.277. The Kier molecular flexibility index (Phi) is 4.06. The van der Waals surface area contributed by atoms with Gasteiger partial charge in [-0.15, -0.1) is 0 Å². The molecule has 0 aromatic heterocycles. The number of fused-ring (bicyclic) bond motifs is 1. The molecule has 1 saturated heterocycles. The van der Waals surface area contributed by atoms with E-state index in [4.69, 9.17) is 27.9 Å². The van der Waals surface area contributed by atoms with Gasteiger partial charge >= 0.3 is 6.09 Å². The van der Waals surface area contributed by atoms with Crippen LogP contribution in [0.2, 0.25) is 10.0 Å². The fourth-order valence-corrected chi connectivity index (χ4v) is 4.11. The maximum absolute atomic E-state index is 12.3. The van der Waals surface area contributed by atoms with Crippen molar-refractivity contribution in [2.45, 2.75) is 31.8 Å². The zero-order valence-electron chi connectivity index (χ0n) is 13.5. The van der Waals surface area contributed by atoms with Crippen LogP contribution in [0.5, 0.6) is 0 Å². The Morgan fingerprint density at radius 2 is 2.09 bits per heavy atom. The summed E-state index contributed by atoms with van der Waals surface area (Å²) in [5.74, 6) is 0.385. The van der Waals surface area contributed by atoms with Gasteiger partial charge in [-0.2, -0.15) is 0 Å². The molecule has 1 saturated carbocycles. The lowest BCUT2D eigenvalue weighted by molar-refractivity contribution is 0.0254. The minimum absolute atomic E-state index is 0.104. The van der Waals surface area contributed by atoms with E-state index in [1.165, 1.54) is 0 Å². The molecule has 6 heteroatoms. The quantitative estimate of drug-likeness (QED) is 0.877. The predicted octanol–water partition coefficient (Wildman–Crippen LogP) is 3.72. The van der Waals surface area contributed by atoms with Crippen LogP contribution in [0.1, 0.15) is 26.3 Å². The number of benzene rings is 1. The fourth-order valence-electron chi connectivity index (χ4n) is 3.81. The second-order valence-electron chi connectivity index (χ2n) is 7.43. The van der Waals surface area contributed by atoms with Crippen molar-refractivity contribution in [3.8, 4) is 0 Å². The first-order chi connectivity index (χ1) is 10.7. The molecule has 1 heterocycles. The third-order valence-electron chi connectivity index (χ3n) is 4.87. The van der Waals surface area contributed by atoms with Gasteiger partial charge in [0.05, 0.1) is 10.0 Å². The van der Waals surface area contributed by atoms with Crippen molar-refractivity contribution in [1.82, 2.24) is 4.90 Å². The summed E-state index contributed by atoms with van der Waals surface area (Å²) in [7, 11) is 0. The van der Waals surface area contributed by atoms with Gasteiger partial charge in [0.2, 0.25) is 0 Å². The van der Waals surface area contributed by atoms with Gasteiger partial charge in [-0.25, -0.2) is 4.79 Å². The Balaban J connectivity index is 1.83. The Morgan fingerprint density at radius 1 is 1.39 bits per heavy atom. The highest BCUT2D eigenvalue weighted by Crippen LogP contribution is 2.64. The van der Waals surface area contributed by atoms with Crippen molar-refractivity contribution in [2.75, 3.05) is 19.7 Å². The van der Waals surface area contributed by atoms with E-state index < -0.39 is 5.60 Å². The number of rotatable bonds is 2. The highest BCUT2D eigenvalue weighted by atomic mass is 35.5. The molecule has 4 nitrogen and oxygen atoms in total. The topological polar surface area (TPSA) is 49.8 Å². The first kappa shape index (κ1) is 16.9. The SMILES string of the molecule is CC(C)(C)OC(=O)N1C[C@H]2[C@H](CO)C2(c2ccc(Cl)c(Cl)c2)C1. The van der Waals surface area contributed by atoms with Crippen LogP contribution >= 0.6 is 23.2 Å². The van der Waals surface area contributed by atoms with Gasteiger partial charge in [-0.05, 0) is 50.3 Å². The molecule has 1 N–H and O–H groups in total. The molecule has 1 aromatic rings. The number of halogens is 2. The summed E-state index contributed by atoms with van der Waals surface area (Å²) in [4.78, 5) is 14.0. The third kappa shape index (κ3) is 2.81. The number of carbonyl (C=O) groups excluding carboxylic acids is 1. The molecule has 1 aliphatic heterocycles. The van der Waals surface area contributed by atoms with E-state index in [2.05, 4.69) is 0 Å². The van der Waals surface area contributed by atoms with E-state index in [9.17, 15) is 9.90 Å². The van der Waals surface area contributed by atoms with E-state index in [0.717, 1.165) is 5.56 Å². The first-order valence-corrected chi connectivity index (χ1v) is 8.49. The van der Waals surface area contributed by atoms with Crippen LogP contribution in [0.3, 0.4) is 0 Å². The van der Waals surface area contributed by atoms with Gasteiger partial charge < -0.3 is 14.7 Å². The lowest BCUT2D eigenvalue weighted by Gasteiger charge is -2.27. The van der Waals surface area contributed by atoms with Gasteiger partial charge in [0.15, 0.2) is 0 Å². The molecule has 0 radical (unpaired) electrons. The Morgan fingerprint density at radius 3 is 2.65 bits per heavy atom. The average molecular weight is 358 g/mol. The largest absolute Gasteiger partial charge is 0.444 e. The molecular formula is C17H21Cl2NO3. The number of likely N-dealkylation sites (tertiary alicyclic amines) is 1. The van der Waals surface area contributed by atoms with Crippen LogP contribution in [0.4, 0.5) is 4.79 Å². The van der Waals surface area contributed by atoms with Gasteiger partial charge in [0, 0.05) is 25.1 Å². The number of piperidine rings is 1. The molecule has 1 aromatic carbocycles. The van der Waals surface area contributed by atoms with Crippen molar-refractivity contribution in [3.63, 3.8) is 0 Å². The highest BCUT2D eigenvalue weighted by Gasteiger charge is 2.70. The molecule has 23 heavy (non-hydrogen) atoms. The number of amides is 1. The van der Waals surface area contributed by atoms with Gasteiger partial charge in [-0.3, -0.25) is 0 Å². The smallest absolute Gasteiger partial charge is 0.410 e. The summed E-state index contributed by atoms with van der Waals surface area (Å²) in [5, 5.41) is 10.7. The van der Waals surface area contributed by atoms with Crippen LogP contribution in [0.15, 0.2) is 18.2 Å². The number of nitrogens with zero attached hydrogens (tertiary/aromatic N) is 1. The van der Waals surface area contributed by atoms with Crippen molar-refractivity contribution in [2.24, 2.45) is 11.8 Å². The first-order valence-electron chi connectivity index (χ1n) is 7.73. The van der Waals surface area contributed by atoms with E-state index in [1.807, 2.05) is 32.9 Å². The second kappa shape index (κ2) is 5.54. The zero-order valence-corrected chi connectivity index (χ0v) is 15.0. The zero-order chi connectivity index (χ0) is 17.0. The molecule has 3 atom stereocenters. The predicted molar refractivity (Wildman–Crippen MR) is 90.0 cm³/mol. The van der Waals surface area contributed by atoms with Crippen molar-refractivity contribution >= 4 is 29.3 Å². The van der Waals surface area contributed by atoms with Crippen LogP contribution in [0.25, 0.3) is 0 Å². The van der Waals surface area contributed by atoms with Crippen molar-refractivity contribution < 1.29 is 14.6 Å². The van der Waals surface area contributed by atoms with Gasteiger partial charge in [0.1, 0.15) is 5.60 Å². The number of aliphatic hydroxyl groups excluding tert-OH is 1.